The average Bonchev–Trinajstić information content (AvgIpc) is 2.55. The minimum atomic E-state index is -0.793. The van der Waals surface area contributed by atoms with Gasteiger partial charge >= 0.3 is 5.97 Å². The molecule has 2 atom stereocenters. The number of carbonyl (C=O) groups excluding carboxylic acids is 1. The van der Waals surface area contributed by atoms with Crippen molar-refractivity contribution < 1.29 is 19.4 Å². The summed E-state index contributed by atoms with van der Waals surface area (Å²) in [6.45, 7) is 0.556. The lowest BCUT2D eigenvalue weighted by Crippen LogP contribution is -2.42. The van der Waals surface area contributed by atoms with Crippen LogP contribution in [0.5, 0.6) is 0 Å². The largest absolute Gasteiger partial charge is 0.481 e. The fourth-order valence-electron chi connectivity index (χ4n) is 2.43. The maximum atomic E-state index is 11.7. The van der Waals surface area contributed by atoms with Gasteiger partial charge in [0.1, 0.15) is 0 Å². The maximum absolute atomic E-state index is 11.7. The molecule has 1 amide bonds. The van der Waals surface area contributed by atoms with Gasteiger partial charge in [0.15, 0.2) is 0 Å². The van der Waals surface area contributed by atoms with Gasteiger partial charge in [0, 0.05) is 26.2 Å². The molecule has 18 heavy (non-hydrogen) atoms. The minimum absolute atomic E-state index is 0.0646. The van der Waals surface area contributed by atoms with Gasteiger partial charge in [-0.2, -0.15) is 0 Å². The number of ether oxygens (including phenoxy) is 1. The van der Waals surface area contributed by atoms with Crippen molar-refractivity contribution in [3.63, 3.8) is 0 Å². The molecule has 104 valence electrons. The summed E-state index contributed by atoms with van der Waals surface area (Å²) in [5, 5.41) is 12.1. The van der Waals surface area contributed by atoms with Crippen LogP contribution < -0.4 is 5.32 Å². The molecule has 5 nitrogen and oxygen atoms in total. The number of rotatable bonds is 6. The summed E-state index contributed by atoms with van der Waals surface area (Å²) in [7, 11) is 1.60. The van der Waals surface area contributed by atoms with E-state index in [1.807, 2.05) is 0 Å². The summed E-state index contributed by atoms with van der Waals surface area (Å²) in [4.78, 5) is 22.9. The highest BCUT2D eigenvalue weighted by molar-refractivity contribution is 5.78. The molecule has 0 aromatic rings. The standard InChI is InChI=1S/C13H23NO4/c1-18-9-5-8-12(15)14-11-7-4-2-3-6-10(11)13(16)17/h10-11H,2-9H2,1H3,(H,14,15)(H,16,17). The van der Waals surface area contributed by atoms with Crippen LogP contribution in [-0.4, -0.2) is 36.7 Å². The van der Waals surface area contributed by atoms with E-state index in [1.54, 1.807) is 7.11 Å². The number of nitrogens with one attached hydrogen (secondary N) is 1. The van der Waals surface area contributed by atoms with Crippen molar-refractivity contribution in [3.05, 3.63) is 0 Å². The Kier molecular flexibility index (Phi) is 6.72. The van der Waals surface area contributed by atoms with Crippen LogP contribution in [0, 0.1) is 5.92 Å². The summed E-state index contributed by atoms with van der Waals surface area (Å²) in [5.41, 5.74) is 0. The Morgan fingerprint density at radius 1 is 1.28 bits per heavy atom. The highest BCUT2D eigenvalue weighted by Crippen LogP contribution is 2.23. The Bertz CT molecular complexity index is 280. The van der Waals surface area contributed by atoms with Crippen LogP contribution >= 0.6 is 0 Å². The zero-order chi connectivity index (χ0) is 13.4. The van der Waals surface area contributed by atoms with E-state index in [-0.39, 0.29) is 11.9 Å². The average molecular weight is 257 g/mol. The van der Waals surface area contributed by atoms with Crippen LogP contribution in [0.1, 0.15) is 44.9 Å². The van der Waals surface area contributed by atoms with Crippen LogP contribution in [0.25, 0.3) is 0 Å². The van der Waals surface area contributed by atoms with Crippen LogP contribution in [0.3, 0.4) is 0 Å². The summed E-state index contributed by atoms with van der Waals surface area (Å²) in [6.07, 6.45) is 5.49. The second-order valence-electron chi connectivity index (χ2n) is 4.85. The van der Waals surface area contributed by atoms with Crippen molar-refractivity contribution in [1.29, 1.82) is 0 Å². The second-order valence-corrected chi connectivity index (χ2v) is 4.85. The molecular formula is C13H23NO4. The van der Waals surface area contributed by atoms with E-state index in [4.69, 9.17) is 4.74 Å². The van der Waals surface area contributed by atoms with Crippen LogP contribution in [0.4, 0.5) is 0 Å². The summed E-state index contributed by atoms with van der Waals surface area (Å²) < 4.78 is 4.89. The van der Waals surface area contributed by atoms with Crippen molar-refractivity contribution in [2.45, 2.75) is 51.0 Å². The molecule has 0 bridgehead atoms. The Balaban J connectivity index is 2.44. The molecule has 5 heteroatoms. The highest BCUT2D eigenvalue weighted by Gasteiger charge is 2.30. The quantitative estimate of drug-likeness (QED) is 0.559. The van der Waals surface area contributed by atoms with Crippen molar-refractivity contribution in [1.82, 2.24) is 5.32 Å². The van der Waals surface area contributed by atoms with Crippen LogP contribution in [-0.2, 0) is 14.3 Å². The van der Waals surface area contributed by atoms with Gasteiger partial charge in [-0.05, 0) is 19.3 Å². The van der Waals surface area contributed by atoms with E-state index in [1.165, 1.54) is 0 Å². The first-order chi connectivity index (χ1) is 8.65. The number of methoxy groups -OCH3 is 1. The van der Waals surface area contributed by atoms with Gasteiger partial charge in [-0.1, -0.05) is 19.3 Å². The molecule has 1 aliphatic carbocycles. The van der Waals surface area contributed by atoms with E-state index in [0.29, 0.717) is 25.9 Å². The highest BCUT2D eigenvalue weighted by atomic mass is 16.5. The monoisotopic (exact) mass is 257 g/mol. The van der Waals surface area contributed by atoms with Crippen LogP contribution in [0.15, 0.2) is 0 Å². The molecule has 1 fully saturated rings. The zero-order valence-electron chi connectivity index (χ0n) is 11.0. The predicted octanol–water partition coefficient (Wildman–Crippen LogP) is 1.56. The lowest BCUT2D eigenvalue weighted by atomic mass is 9.94. The SMILES string of the molecule is COCCCC(=O)NC1CCCCCC1C(=O)O. The Morgan fingerprint density at radius 2 is 2.00 bits per heavy atom. The molecule has 0 heterocycles. The molecule has 0 saturated heterocycles. The van der Waals surface area contributed by atoms with Crippen LogP contribution in [0.2, 0.25) is 0 Å². The number of carboxylic acids is 1. The summed E-state index contributed by atoms with van der Waals surface area (Å²) in [5.74, 6) is -1.29. The third-order valence-corrected chi connectivity index (χ3v) is 3.43. The fraction of sp³-hybridized carbons (Fsp3) is 0.846. The molecule has 0 spiro atoms. The van der Waals surface area contributed by atoms with Gasteiger partial charge in [0.2, 0.25) is 5.91 Å². The molecule has 0 radical (unpaired) electrons. The number of hydrogen-bond donors (Lipinski definition) is 2. The zero-order valence-corrected chi connectivity index (χ0v) is 11.0. The number of carboxylic acid groups (broad SMARTS) is 1. The lowest BCUT2D eigenvalue weighted by molar-refractivity contribution is -0.143. The van der Waals surface area contributed by atoms with Gasteiger partial charge in [-0.25, -0.2) is 0 Å². The molecule has 0 aliphatic heterocycles. The first-order valence-electron chi connectivity index (χ1n) is 6.66. The van der Waals surface area contributed by atoms with E-state index in [0.717, 1.165) is 25.7 Å². The maximum Gasteiger partial charge on any atom is 0.308 e. The summed E-state index contributed by atoms with van der Waals surface area (Å²) in [6, 6.07) is -0.208. The Labute approximate surface area is 108 Å². The molecule has 0 aromatic heterocycles. The van der Waals surface area contributed by atoms with Crippen molar-refractivity contribution >= 4 is 11.9 Å². The molecule has 0 aromatic carbocycles. The topological polar surface area (TPSA) is 75.6 Å². The molecular weight excluding hydrogens is 234 g/mol. The van der Waals surface area contributed by atoms with Gasteiger partial charge in [-0.15, -0.1) is 0 Å². The molecule has 1 rings (SSSR count). The Morgan fingerprint density at radius 3 is 2.67 bits per heavy atom. The predicted molar refractivity (Wildman–Crippen MR) is 67.3 cm³/mol. The lowest BCUT2D eigenvalue weighted by Gasteiger charge is -2.22. The van der Waals surface area contributed by atoms with E-state index in [2.05, 4.69) is 5.32 Å². The first kappa shape index (κ1) is 15.0. The van der Waals surface area contributed by atoms with Crippen molar-refractivity contribution in [3.8, 4) is 0 Å². The van der Waals surface area contributed by atoms with Crippen molar-refractivity contribution in [2.75, 3.05) is 13.7 Å². The van der Waals surface area contributed by atoms with E-state index >= 15 is 0 Å². The molecule has 1 saturated carbocycles. The minimum Gasteiger partial charge on any atom is -0.481 e. The third kappa shape index (κ3) is 5.04. The van der Waals surface area contributed by atoms with Gasteiger partial charge in [-0.3, -0.25) is 9.59 Å². The van der Waals surface area contributed by atoms with Crippen molar-refractivity contribution in [2.24, 2.45) is 5.92 Å². The summed E-state index contributed by atoms with van der Waals surface area (Å²) >= 11 is 0. The van der Waals surface area contributed by atoms with E-state index < -0.39 is 11.9 Å². The Hall–Kier alpha value is -1.10. The first-order valence-corrected chi connectivity index (χ1v) is 6.66. The number of carbonyl (C=O) groups is 2. The fourth-order valence-corrected chi connectivity index (χ4v) is 2.43. The molecule has 2 N–H and O–H groups in total. The number of hydrogen-bond acceptors (Lipinski definition) is 3. The van der Waals surface area contributed by atoms with E-state index in [9.17, 15) is 14.7 Å². The van der Waals surface area contributed by atoms with Gasteiger partial charge in [0.25, 0.3) is 0 Å². The smallest absolute Gasteiger partial charge is 0.308 e. The second kappa shape index (κ2) is 8.08. The number of amides is 1. The normalized spacial score (nSPS) is 24.3. The van der Waals surface area contributed by atoms with Gasteiger partial charge in [0.05, 0.1) is 5.92 Å². The molecule has 2 unspecified atom stereocenters. The molecule has 1 aliphatic rings. The third-order valence-electron chi connectivity index (χ3n) is 3.43. The van der Waals surface area contributed by atoms with Gasteiger partial charge < -0.3 is 15.2 Å². The number of aliphatic carboxylic acids is 1.